The van der Waals surface area contributed by atoms with E-state index >= 15 is 0 Å². The minimum Gasteiger partial charge on any atom is -0.396 e. The zero-order valence-electron chi connectivity index (χ0n) is 14.1. The van der Waals surface area contributed by atoms with Crippen molar-refractivity contribution in [3.05, 3.63) is 84.1 Å². The quantitative estimate of drug-likeness (QED) is 0.391. The molecule has 1 aromatic heterocycles. The highest BCUT2D eigenvalue weighted by Gasteiger charge is 1.99. The number of anilines is 1. The number of carbonyl (C=O) groups is 1. The number of nitrogens with zero attached hydrogens (tertiary/aromatic N) is 1. The average molecular weight is 342 g/mol. The van der Waals surface area contributed by atoms with Gasteiger partial charge >= 0.3 is 0 Å². The van der Waals surface area contributed by atoms with E-state index in [2.05, 4.69) is 4.98 Å². The van der Waals surface area contributed by atoms with Crippen molar-refractivity contribution in [3.63, 3.8) is 0 Å². The number of halogens is 2. The third kappa shape index (κ3) is 6.91. The molecule has 0 saturated carbocycles. The predicted octanol–water partition coefficient (Wildman–Crippen LogP) is 4.85. The number of nitrogens with two attached hydrogens (primary N) is 1. The van der Waals surface area contributed by atoms with Crippen LogP contribution in [0.25, 0.3) is 10.9 Å². The van der Waals surface area contributed by atoms with Gasteiger partial charge in [0.25, 0.3) is 0 Å². The Balaban J connectivity index is 0.000000209. The minimum absolute atomic E-state index is 0.201. The lowest BCUT2D eigenvalue weighted by molar-refractivity contribution is -0.104. The second-order valence-electron chi connectivity index (χ2n) is 4.95. The Labute approximate surface area is 145 Å². The summed E-state index contributed by atoms with van der Waals surface area (Å²) in [4.78, 5) is 13.4. The fourth-order valence-corrected chi connectivity index (χ4v) is 1.76. The molecule has 0 unspecified atom stereocenters. The van der Waals surface area contributed by atoms with E-state index < -0.39 is 0 Å². The smallest absolute Gasteiger partial charge is 0.149 e. The molecule has 3 rings (SSSR count). The topological polar surface area (TPSA) is 56.0 Å². The number of para-hydroxylation sites is 2. The van der Waals surface area contributed by atoms with E-state index in [1.807, 2.05) is 25.1 Å². The number of aldehydes is 1. The van der Waals surface area contributed by atoms with E-state index in [4.69, 9.17) is 5.73 Å². The molecule has 130 valence electrons. The summed E-state index contributed by atoms with van der Waals surface area (Å²) in [5, 5.41) is 0.848. The average Bonchev–Trinajstić information content (AvgIpc) is 2.60. The van der Waals surface area contributed by atoms with Crippen LogP contribution in [0.1, 0.15) is 12.6 Å². The molecule has 0 spiro atoms. The first-order valence-electron chi connectivity index (χ1n) is 7.58. The first-order chi connectivity index (χ1) is 12.0. The van der Waals surface area contributed by atoms with Gasteiger partial charge < -0.3 is 5.73 Å². The number of allylic oxidation sites excluding steroid dienone is 2. The number of benzene rings is 2. The molecule has 0 amide bonds. The number of fused-ring (bicyclic) bond motifs is 1. The maximum atomic E-state index is 13.1. The van der Waals surface area contributed by atoms with Crippen LogP contribution >= 0.6 is 0 Å². The highest BCUT2D eigenvalue weighted by Crippen LogP contribution is 2.15. The summed E-state index contributed by atoms with van der Waals surface area (Å²) in [5.74, 6) is -0.608. The van der Waals surface area contributed by atoms with Gasteiger partial charge in [-0.25, -0.2) is 8.78 Å². The number of pyridine rings is 1. The van der Waals surface area contributed by atoms with Crippen molar-refractivity contribution in [2.45, 2.75) is 13.8 Å². The molecule has 2 N–H and O–H groups in total. The van der Waals surface area contributed by atoms with Gasteiger partial charge in [0.1, 0.15) is 23.4 Å². The van der Waals surface area contributed by atoms with Gasteiger partial charge in [-0.05, 0) is 44.2 Å². The van der Waals surface area contributed by atoms with Gasteiger partial charge in [-0.1, -0.05) is 36.4 Å². The normalized spacial score (nSPS) is 9.76. The molecule has 3 nitrogen and oxygen atoms in total. The zero-order chi connectivity index (χ0) is 18.7. The Hall–Kier alpha value is -3.08. The largest absolute Gasteiger partial charge is 0.396 e. The molecule has 2 aromatic carbocycles. The van der Waals surface area contributed by atoms with Crippen molar-refractivity contribution < 1.29 is 13.6 Å². The lowest BCUT2D eigenvalue weighted by Crippen LogP contribution is -1.86. The van der Waals surface area contributed by atoms with Crippen LogP contribution in [-0.4, -0.2) is 11.3 Å². The Kier molecular flexibility index (Phi) is 8.50. The van der Waals surface area contributed by atoms with Gasteiger partial charge in [0, 0.05) is 11.1 Å². The molecule has 0 aliphatic carbocycles. The Bertz CT molecular complexity index is 827. The first kappa shape index (κ1) is 20.0. The van der Waals surface area contributed by atoms with Crippen molar-refractivity contribution in [1.82, 2.24) is 4.98 Å². The molecule has 1 heterocycles. The molecule has 0 bridgehead atoms. The predicted molar refractivity (Wildman–Crippen MR) is 98.1 cm³/mol. The van der Waals surface area contributed by atoms with Gasteiger partial charge in [0.15, 0.2) is 0 Å². The van der Waals surface area contributed by atoms with Crippen LogP contribution in [-0.2, 0) is 4.79 Å². The first-order valence-corrected chi connectivity index (χ1v) is 7.58. The highest BCUT2D eigenvalue weighted by molar-refractivity contribution is 5.79. The Morgan fingerprint density at radius 2 is 1.64 bits per heavy atom. The molecule has 0 fully saturated rings. The van der Waals surface area contributed by atoms with Gasteiger partial charge in [0.2, 0.25) is 0 Å². The second kappa shape index (κ2) is 10.6. The molecule has 0 aliphatic rings. The number of nitrogen functional groups attached to an aromatic ring is 1. The van der Waals surface area contributed by atoms with E-state index in [1.54, 1.807) is 31.2 Å². The molecule has 0 atom stereocenters. The fraction of sp³-hybridized carbons (Fsp3) is 0.100. The number of carbonyl (C=O) groups excluding carboxylic acids is 1. The Morgan fingerprint density at radius 1 is 0.960 bits per heavy atom. The molecule has 0 radical (unpaired) electrons. The minimum atomic E-state index is -0.354. The SMILES string of the molecule is C/C=C/C=O.Cc1ccc2cccc(F)c2n1.Nc1ccccc1F. The maximum absolute atomic E-state index is 13.1. The highest BCUT2D eigenvalue weighted by atomic mass is 19.1. The fourth-order valence-electron chi connectivity index (χ4n) is 1.76. The molecular formula is C20H20F2N2O. The van der Waals surface area contributed by atoms with Crippen LogP contribution in [0, 0.1) is 18.6 Å². The maximum Gasteiger partial charge on any atom is 0.149 e. The molecule has 5 heteroatoms. The van der Waals surface area contributed by atoms with E-state index in [1.165, 1.54) is 24.3 Å². The van der Waals surface area contributed by atoms with Crippen LogP contribution in [0.5, 0.6) is 0 Å². The van der Waals surface area contributed by atoms with Crippen molar-refractivity contribution in [3.8, 4) is 0 Å². The molecule has 0 aliphatic heterocycles. The summed E-state index contributed by atoms with van der Waals surface area (Å²) in [6, 6.07) is 14.9. The molecule has 25 heavy (non-hydrogen) atoms. The zero-order valence-corrected chi connectivity index (χ0v) is 14.1. The number of hydrogen-bond acceptors (Lipinski definition) is 3. The summed E-state index contributed by atoms with van der Waals surface area (Å²) < 4.78 is 25.3. The van der Waals surface area contributed by atoms with Crippen LogP contribution in [0.4, 0.5) is 14.5 Å². The summed E-state index contributed by atoms with van der Waals surface area (Å²) in [7, 11) is 0. The summed E-state index contributed by atoms with van der Waals surface area (Å²) in [5.41, 5.74) is 6.64. The lowest BCUT2D eigenvalue weighted by atomic mass is 10.2. The second-order valence-corrected chi connectivity index (χ2v) is 4.95. The van der Waals surface area contributed by atoms with Gasteiger partial charge in [-0.15, -0.1) is 0 Å². The third-order valence-corrected chi connectivity index (χ3v) is 2.99. The summed E-state index contributed by atoms with van der Waals surface area (Å²) in [6.07, 6.45) is 3.88. The summed E-state index contributed by atoms with van der Waals surface area (Å²) >= 11 is 0. The molecular weight excluding hydrogens is 322 g/mol. The van der Waals surface area contributed by atoms with Gasteiger partial charge in [-0.2, -0.15) is 0 Å². The number of rotatable bonds is 1. The van der Waals surface area contributed by atoms with E-state index in [9.17, 15) is 13.6 Å². The third-order valence-electron chi connectivity index (χ3n) is 2.99. The number of aryl methyl sites for hydroxylation is 1. The van der Waals surface area contributed by atoms with E-state index in [-0.39, 0.29) is 17.3 Å². The van der Waals surface area contributed by atoms with Crippen molar-refractivity contribution in [1.29, 1.82) is 0 Å². The van der Waals surface area contributed by atoms with Crippen LogP contribution in [0.2, 0.25) is 0 Å². The van der Waals surface area contributed by atoms with Crippen molar-refractivity contribution >= 4 is 22.9 Å². The molecule has 3 aromatic rings. The van der Waals surface area contributed by atoms with E-state index in [0.717, 1.165) is 17.4 Å². The standard InChI is InChI=1S/C10H8FN.C6H6FN.C4H6O/c1-7-5-6-8-3-2-4-9(11)10(8)12-7;7-5-3-1-2-4-6(5)8;1-2-3-4-5/h2-6H,1H3;1-4H,8H2;2-4H,1H3/b;;3-2+. The Morgan fingerprint density at radius 3 is 2.16 bits per heavy atom. The molecule has 0 saturated heterocycles. The van der Waals surface area contributed by atoms with Crippen molar-refractivity contribution in [2.75, 3.05) is 5.73 Å². The van der Waals surface area contributed by atoms with E-state index in [0.29, 0.717) is 5.52 Å². The monoisotopic (exact) mass is 342 g/mol. The number of hydrogen-bond donors (Lipinski definition) is 1. The van der Waals surface area contributed by atoms with Gasteiger partial charge in [-0.3, -0.25) is 9.78 Å². The lowest BCUT2D eigenvalue weighted by Gasteiger charge is -1.98. The van der Waals surface area contributed by atoms with Crippen LogP contribution in [0.3, 0.4) is 0 Å². The van der Waals surface area contributed by atoms with Gasteiger partial charge in [0.05, 0.1) is 5.69 Å². The van der Waals surface area contributed by atoms with Crippen molar-refractivity contribution in [2.24, 2.45) is 0 Å². The van der Waals surface area contributed by atoms with Crippen LogP contribution in [0.15, 0.2) is 66.7 Å². The number of aromatic nitrogens is 1. The van der Waals surface area contributed by atoms with Crippen LogP contribution < -0.4 is 5.73 Å². The summed E-state index contributed by atoms with van der Waals surface area (Å²) in [6.45, 7) is 3.65.